The standard InChI is InChI=1S/C11H13N3O/c1-2-10-11(12-3-5-13(10)4-1)14-6-8-15-9-7-14/h1-5H,6-9H2. The Kier molecular flexibility index (Phi) is 2.07. The largest absolute Gasteiger partial charge is 0.378 e. The van der Waals surface area contributed by atoms with E-state index in [0.29, 0.717) is 0 Å². The quantitative estimate of drug-likeness (QED) is 0.697. The molecule has 1 saturated heterocycles. The maximum Gasteiger partial charge on any atom is 0.153 e. The Balaban J connectivity index is 2.05. The van der Waals surface area contributed by atoms with Gasteiger partial charge in [0.1, 0.15) is 0 Å². The number of aromatic nitrogens is 2. The van der Waals surface area contributed by atoms with E-state index in [1.54, 1.807) is 0 Å². The van der Waals surface area contributed by atoms with Crippen LogP contribution in [-0.4, -0.2) is 35.7 Å². The van der Waals surface area contributed by atoms with Crippen molar-refractivity contribution >= 4 is 11.3 Å². The first-order chi connectivity index (χ1) is 7.45. The number of nitrogens with zero attached hydrogens (tertiary/aromatic N) is 3. The molecule has 3 rings (SSSR count). The van der Waals surface area contributed by atoms with Gasteiger partial charge in [0.15, 0.2) is 5.82 Å². The minimum Gasteiger partial charge on any atom is -0.378 e. The average molecular weight is 203 g/mol. The third-order valence-corrected chi connectivity index (χ3v) is 2.74. The molecule has 1 fully saturated rings. The SMILES string of the molecule is c1cc2c(N3CCOCC3)nccn2c1. The van der Waals surface area contributed by atoms with E-state index in [2.05, 4.69) is 20.4 Å². The van der Waals surface area contributed by atoms with E-state index in [9.17, 15) is 0 Å². The van der Waals surface area contributed by atoms with Gasteiger partial charge in [-0.05, 0) is 12.1 Å². The van der Waals surface area contributed by atoms with Crippen molar-refractivity contribution in [3.05, 3.63) is 30.7 Å². The van der Waals surface area contributed by atoms with Crippen molar-refractivity contribution in [1.29, 1.82) is 0 Å². The maximum atomic E-state index is 5.34. The first-order valence-electron chi connectivity index (χ1n) is 5.19. The van der Waals surface area contributed by atoms with Crippen LogP contribution in [0.2, 0.25) is 0 Å². The van der Waals surface area contributed by atoms with Crippen molar-refractivity contribution in [2.75, 3.05) is 31.2 Å². The van der Waals surface area contributed by atoms with Crippen LogP contribution in [0, 0.1) is 0 Å². The van der Waals surface area contributed by atoms with Crippen LogP contribution in [0.4, 0.5) is 5.82 Å². The van der Waals surface area contributed by atoms with E-state index in [1.165, 1.54) is 5.52 Å². The predicted molar refractivity (Wildman–Crippen MR) is 58.2 cm³/mol. The Morgan fingerprint density at radius 3 is 2.93 bits per heavy atom. The molecule has 2 aromatic rings. The highest BCUT2D eigenvalue weighted by molar-refractivity contribution is 5.69. The lowest BCUT2D eigenvalue weighted by Gasteiger charge is -2.28. The molecule has 0 amide bonds. The van der Waals surface area contributed by atoms with Crippen LogP contribution >= 0.6 is 0 Å². The summed E-state index contributed by atoms with van der Waals surface area (Å²) in [6.07, 6.45) is 5.86. The highest BCUT2D eigenvalue weighted by Crippen LogP contribution is 2.19. The number of morpholine rings is 1. The van der Waals surface area contributed by atoms with E-state index >= 15 is 0 Å². The van der Waals surface area contributed by atoms with Gasteiger partial charge in [-0.2, -0.15) is 0 Å². The van der Waals surface area contributed by atoms with E-state index < -0.39 is 0 Å². The number of hydrogen-bond acceptors (Lipinski definition) is 3. The third-order valence-electron chi connectivity index (χ3n) is 2.74. The zero-order valence-corrected chi connectivity index (χ0v) is 8.47. The van der Waals surface area contributed by atoms with Gasteiger partial charge < -0.3 is 14.0 Å². The summed E-state index contributed by atoms with van der Waals surface area (Å²) in [4.78, 5) is 6.73. The molecule has 1 aliphatic heterocycles. The molecule has 0 saturated carbocycles. The molecule has 3 heterocycles. The lowest BCUT2D eigenvalue weighted by atomic mass is 10.3. The molecule has 1 aliphatic rings. The molecule has 0 N–H and O–H groups in total. The summed E-state index contributed by atoms with van der Waals surface area (Å²) in [5.74, 6) is 1.06. The summed E-state index contributed by atoms with van der Waals surface area (Å²) in [6.45, 7) is 3.45. The Labute approximate surface area is 88.1 Å². The third kappa shape index (κ3) is 1.47. The summed E-state index contributed by atoms with van der Waals surface area (Å²) < 4.78 is 7.43. The van der Waals surface area contributed by atoms with Crippen LogP contribution in [0.25, 0.3) is 5.52 Å². The lowest BCUT2D eigenvalue weighted by Crippen LogP contribution is -2.37. The lowest BCUT2D eigenvalue weighted by molar-refractivity contribution is 0.122. The van der Waals surface area contributed by atoms with Crippen molar-refractivity contribution in [1.82, 2.24) is 9.38 Å². The fraction of sp³-hybridized carbons (Fsp3) is 0.364. The highest BCUT2D eigenvalue weighted by atomic mass is 16.5. The van der Waals surface area contributed by atoms with Crippen LogP contribution in [0.5, 0.6) is 0 Å². The zero-order valence-electron chi connectivity index (χ0n) is 8.47. The molecule has 2 aromatic heterocycles. The Morgan fingerprint density at radius 2 is 2.07 bits per heavy atom. The van der Waals surface area contributed by atoms with Gasteiger partial charge in [0, 0.05) is 31.7 Å². The Bertz CT molecular complexity index is 460. The number of hydrogen-bond donors (Lipinski definition) is 0. The number of rotatable bonds is 1. The van der Waals surface area contributed by atoms with Crippen molar-refractivity contribution in [2.45, 2.75) is 0 Å². The van der Waals surface area contributed by atoms with Gasteiger partial charge in [0.05, 0.1) is 18.7 Å². The molecule has 0 aliphatic carbocycles. The smallest absolute Gasteiger partial charge is 0.153 e. The first kappa shape index (κ1) is 8.73. The molecule has 0 unspecified atom stereocenters. The normalized spacial score (nSPS) is 17.2. The second kappa shape index (κ2) is 3.55. The summed E-state index contributed by atoms with van der Waals surface area (Å²) in [5, 5.41) is 0. The number of anilines is 1. The average Bonchev–Trinajstić information content (AvgIpc) is 2.78. The first-order valence-corrected chi connectivity index (χ1v) is 5.19. The Morgan fingerprint density at radius 1 is 1.20 bits per heavy atom. The molecule has 4 heteroatoms. The van der Waals surface area contributed by atoms with Crippen LogP contribution < -0.4 is 4.90 Å². The molecule has 0 bridgehead atoms. The van der Waals surface area contributed by atoms with Crippen LogP contribution in [-0.2, 0) is 4.74 Å². The van der Waals surface area contributed by atoms with Gasteiger partial charge in [0.25, 0.3) is 0 Å². The van der Waals surface area contributed by atoms with E-state index in [0.717, 1.165) is 32.1 Å². The minimum absolute atomic E-state index is 0.795. The van der Waals surface area contributed by atoms with Crippen molar-refractivity contribution in [3.63, 3.8) is 0 Å². The molecular formula is C11H13N3O. The van der Waals surface area contributed by atoms with Gasteiger partial charge in [-0.15, -0.1) is 0 Å². The Hall–Kier alpha value is -1.55. The molecule has 4 nitrogen and oxygen atoms in total. The predicted octanol–water partition coefficient (Wildman–Crippen LogP) is 1.17. The van der Waals surface area contributed by atoms with Gasteiger partial charge in [0.2, 0.25) is 0 Å². The minimum atomic E-state index is 0.795. The highest BCUT2D eigenvalue weighted by Gasteiger charge is 2.14. The summed E-state index contributed by atoms with van der Waals surface area (Å²) >= 11 is 0. The fourth-order valence-electron chi connectivity index (χ4n) is 1.97. The fourth-order valence-corrected chi connectivity index (χ4v) is 1.97. The van der Waals surface area contributed by atoms with Crippen LogP contribution in [0.15, 0.2) is 30.7 Å². The van der Waals surface area contributed by atoms with Crippen LogP contribution in [0.1, 0.15) is 0 Å². The second-order valence-corrected chi connectivity index (χ2v) is 3.65. The van der Waals surface area contributed by atoms with E-state index in [-0.39, 0.29) is 0 Å². The van der Waals surface area contributed by atoms with Crippen molar-refractivity contribution in [2.24, 2.45) is 0 Å². The zero-order chi connectivity index (χ0) is 10.1. The summed E-state index contributed by atoms with van der Waals surface area (Å²) in [6, 6.07) is 4.14. The number of ether oxygens (including phenoxy) is 1. The summed E-state index contributed by atoms with van der Waals surface area (Å²) in [7, 11) is 0. The van der Waals surface area contributed by atoms with Crippen molar-refractivity contribution in [3.8, 4) is 0 Å². The van der Waals surface area contributed by atoms with Gasteiger partial charge in [-0.3, -0.25) is 0 Å². The molecule has 0 spiro atoms. The van der Waals surface area contributed by atoms with Gasteiger partial charge >= 0.3 is 0 Å². The second-order valence-electron chi connectivity index (χ2n) is 3.65. The van der Waals surface area contributed by atoms with Crippen LogP contribution in [0.3, 0.4) is 0 Å². The van der Waals surface area contributed by atoms with E-state index in [1.807, 2.05) is 24.7 Å². The number of fused-ring (bicyclic) bond motifs is 1. The topological polar surface area (TPSA) is 29.8 Å². The molecule has 78 valence electrons. The van der Waals surface area contributed by atoms with Crippen molar-refractivity contribution < 1.29 is 4.74 Å². The molecule has 0 radical (unpaired) electrons. The summed E-state index contributed by atoms with van der Waals surface area (Å²) in [5.41, 5.74) is 1.17. The molecule has 0 aromatic carbocycles. The van der Waals surface area contributed by atoms with Gasteiger partial charge in [-0.25, -0.2) is 4.98 Å². The van der Waals surface area contributed by atoms with Gasteiger partial charge in [-0.1, -0.05) is 0 Å². The molecule has 0 atom stereocenters. The molecule has 15 heavy (non-hydrogen) atoms. The maximum absolute atomic E-state index is 5.34. The molecular weight excluding hydrogens is 190 g/mol. The monoisotopic (exact) mass is 203 g/mol. The van der Waals surface area contributed by atoms with E-state index in [4.69, 9.17) is 4.74 Å².